The first-order chi connectivity index (χ1) is 7.52. The van der Waals surface area contributed by atoms with Crippen LogP contribution in [-0.2, 0) is 24.8 Å². The van der Waals surface area contributed by atoms with E-state index in [9.17, 15) is 4.79 Å². The van der Waals surface area contributed by atoms with Crippen molar-refractivity contribution in [1.29, 1.82) is 0 Å². The average molecular weight is 240 g/mol. The zero-order valence-electron chi connectivity index (χ0n) is 9.49. The monoisotopic (exact) mass is 240 g/mol. The van der Waals surface area contributed by atoms with Gasteiger partial charge in [-0.3, -0.25) is 9.48 Å². The molecule has 16 heavy (non-hydrogen) atoms. The molecule has 0 spiro atoms. The summed E-state index contributed by atoms with van der Waals surface area (Å²) in [6.45, 7) is 2.50. The zero-order valence-corrected chi connectivity index (χ0v) is 10.3. The summed E-state index contributed by atoms with van der Waals surface area (Å²) in [6, 6.07) is 0. The van der Waals surface area contributed by atoms with E-state index in [1.54, 1.807) is 4.68 Å². The van der Waals surface area contributed by atoms with Crippen LogP contribution in [0.25, 0.3) is 0 Å². The fourth-order valence-corrected chi connectivity index (χ4v) is 1.57. The zero-order chi connectivity index (χ0) is 12.1. The van der Waals surface area contributed by atoms with Gasteiger partial charge in [0, 0.05) is 25.4 Å². The van der Waals surface area contributed by atoms with Gasteiger partial charge in [0.05, 0.1) is 17.1 Å². The van der Waals surface area contributed by atoms with Crippen LogP contribution >= 0.6 is 12.2 Å². The summed E-state index contributed by atoms with van der Waals surface area (Å²) in [6.07, 6.45) is 2.85. The molecule has 0 radical (unpaired) electrons. The Morgan fingerprint density at radius 3 is 2.94 bits per heavy atom. The molecule has 1 aromatic heterocycles. The lowest BCUT2D eigenvalue weighted by Crippen LogP contribution is -2.27. The smallest absolute Gasteiger partial charge is 0.227 e. The highest BCUT2D eigenvalue weighted by atomic mass is 32.1. The number of nitrogens with one attached hydrogen (secondary N) is 1. The van der Waals surface area contributed by atoms with Crippen molar-refractivity contribution in [3.05, 3.63) is 17.5 Å². The molecule has 88 valence electrons. The molecule has 0 aliphatic heterocycles. The van der Waals surface area contributed by atoms with E-state index < -0.39 is 0 Å². The van der Waals surface area contributed by atoms with Gasteiger partial charge in [0.1, 0.15) is 0 Å². The van der Waals surface area contributed by atoms with Crippen molar-refractivity contribution in [2.75, 3.05) is 0 Å². The van der Waals surface area contributed by atoms with Gasteiger partial charge in [-0.15, -0.1) is 0 Å². The maximum absolute atomic E-state index is 11.3. The van der Waals surface area contributed by atoms with Crippen LogP contribution in [0.3, 0.4) is 0 Å². The number of hydrogen-bond donors (Lipinski definition) is 2. The largest absolute Gasteiger partial charge is 0.393 e. The number of nitrogens with two attached hydrogens (primary N) is 1. The summed E-state index contributed by atoms with van der Waals surface area (Å²) >= 11 is 4.66. The number of nitrogens with zero attached hydrogens (tertiary/aromatic N) is 2. The fraction of sp³-hybridized carbons (Fsp3) is 0.500. The van der Waals surface area contributed by atoms with E-state index in [-0.39, 0.29) is 17.3 Å². The van der Waals surface area contributed by atoms with Crippen LogP contribution in [0.5, 0.6) is 0 Å². The van der Waals surface area contributed by atoms with Crippen LogP contribution in [0.15, 0.2) is 6.20 Å². The van der Waals surface area contributed by atoms with Gasteiger partial charge in [0.25, 0.3) is 0 Å². The van der Waals surface area contributed by atoms with Gasteiger partial charge >= 0.3 is 0 Å². The number of carbonyl (C=O) groups is 1. The molecule has 0 unspecified atom stereocenters. The van der Waals surface area contributed by atoms with Crippen LogP contribution in [0.2, 0.25) is 0 Å². The Morgan fingerprint density at radius 2 is 2.38 bits per heavy atom. The topological polar surface area (TPSA) is 72.9 Å². The van der Waals surface area contributed by atoms with E-state index in [1.165, 1.54) is 0 Å². The minimum Gasteiger partial charge on any atom is -0.393 e. The molecule has 0 saturated heterocycles. The lowest BCUT2D eigenvalue weighted by Gasteiger charge is -2.03. The Balaban J connectivity index is 2.53. The number of hydrogen-bond acceptors (Lipinski definition) is 3. The van der Waals surface area contributed by atoms with Crippen LogP contribution < -0.4 is 11.1 Å². The molecular formula is C10H16N4OS. The summed E-state index contributed by atoms with van der Waals surface area (Å²) < 4.78 is 1.74. The molecule has 0 aromatic carbocycles. The molecule has 6 heteroatoms. The first-order valence-corrected chi connectivity index (χ1v) is 5.50. The van der Waals surface area contributed by atoms with Crippen molar-refractivity contribution in [2.24, 2.45) is 12.8 Å². The normalized spacial score (nSPS) is 10.1. The van der Waals surface area contributed by atoms with Crippen LogP contribution in [-0.4, -0.2) is 20.7 Å². The number of rotatable bonds is 5. The predicted molar refractivity (Wildman–Crippen MR) is 65.8 cm³/mol. The number of carbonyl (C=O) groups excluding carboxylic acids is 1. The molecule has 0 aliphatic rings. The summed E-state index contributed by atoms with van der Waals surface area (Å²) in [5.74, 6) is -0.154. The van der Waals surface area contributed by atoms with Gasteiger partial charge in [0.2, 0.25) is 5.91 Å². The molecular weight excluding hydrogens is 224 g/mol. The summed E-state index contributed by atoms with van der Waals surface area (Å²) in [7, 11) is 1.86. The van der Waals surface area contributed by atoms with Crippen LogP contribution in [0.1, 0.15) is 24.6 Å². The summed E-state index contributed by atoms with van der Waals surface area (Å²) in [4.78, 5) is 11.5. The van der Waals surface area contributed by atoms with Gasteiger partial charge in [-0.05, 0) is 6.42 Å². The molecule has 0 atom stereocenters. The standard InChI is InChI=1S/C10H16N4OS/c1-3-8-7(6-14(2)13-8)5-12-10(15)4-9(11)16/h6H,3-5H2,1-2H3,(H2,11,16)(H,12,15). The molecule has 0 bridgehead atoms. The second-order valence-electron chi connectivity index (χ2n) is 3.55. The van der Waals surface area contributed by atoms with Gasteiger partial charge in [-0.1, -0.05) is 19.1 Å². The summed E-state index contributed by atoms with van der Waals surface area (Å²) in [5.41, 5.74) is 7.30. The van der Waals surface area contributed by atoms with E-state index in [0.29, 0.717) is 6.54 Å². The van der Waals surface area contributed by atoms with Gasteiger partial charge in [-0.25, -0.2) is 0 Å². The van der Waals surface area contributed by atoms with Crippen molar-refractivity contribution >= 4 is 23.1 Å². The highest BCUT2D eigenvalue weighted by Crippen LogP contribution is 2.06. The second kappa shape index (κ2) is 5.60. The van der Waals surface area contributed by atoms with Crippen LogP contribution in [0, 0.1) is 0 Å². The first-order valence-electron chi connectivity index (χ1n) is 5.09. The number of aryl methyl sites for hydroxylation is 2. The Hall–Kier alpha value is -1.43. The summed E-state index contributed by atoms with van der Waals surface area (Å²) in [5, 5.41) is 7.04. The van der Waals surface area contributed by atoms with Crippen molar-refractivity contribution in [3.63, 3.8) is 0 Å². The third kappa shape index (κ3) is 3.62. The molecule has 0 fully saturated rings. The maximum atomic E-state index is 11.3. The van der Waals surface area contributed by atoms with E-state index >= 15 is 0 Å². The first kappa shape index (κ1) is 12.6. The highest BCUT2D eigenvalue weighted by molar-refractivity contribution is 7.80. The minimum atomic E-state index is -0.154. The number of thiocarbonyl (C=S) groups is 1. The lowest BCUT2D eigenvalue weighted by molar-refractivity contribution is -0.120. The minimum absolute atomic E-state index is 0.0943. The molecule has 5 nitrogen and oxygen atoms in total. The molecule has 1 rings (SSSR count). The molecule has 1 aromatic rings. The van der Waals surface area contributed by atoms with E-state index in [0.717, 1.165) is 17.7 Å². The van der Waals surface area contributed by atoms with Crippen LogP contribution in [0.4, 0.5) is 0 Å². The Labute approximate surface area is 100 Å². The Kier molecular flexibility index (Phi) is 4.42. The fourth-order valence-electron chi connectivity index (χ4n) is 1.44. The Bertz CT molecular complexity index is 400. The maximum Gasteiger partial charge on any atom is 0.227 e. The Morgan fingerprint density at radius 1 is 1.69 bits per heavy atom. The third-order valence-corrected chi connectivity index (χ3v) is 2.28. The highest BCUT2D eigenvalue weighted by Gasteiger charge is 2.08. The third-order valence-electron chi connectivity index (χ3n) is 2.14. The molecule has 3 N–H and O–H groups in total. The van der Waals surface area contributed by atoms with Crippen molar-refractivity contribution < 1.29 is 4.79 Å². The van der Waals surface area contributed by atoms with Crippen molar-refractivity contribution in [2.45, 2.75) is 26.3 Å². The second-order valence-corrected chi connectivity index (χ2v) is 4.07. The molecule has 1 heterocycles. The van der Waals surface area contributed by atoms with Gasteiger partial charge < -0.3 is 11.1 Å². The van der Waals surface area contributed by atoms with Crippen molar-refractivity contribution in [1.82, 2.24) is 15.1 Å². The van der Waals surface area contributed by atoms with E-state index in [4.69, 9.17) is 5.73 Å². The van der Waals surface area contributed by atoms with E-state index in [1.807, 2.05) is 20.2 Å². The number of aromatic nitrogens is 2. The van der Waals surface area contributed by atoms with Gasteiger partial charge in [-0.2, -0.15) is 5.10 Å². The quantitative estimate of drug-likeness (QED) is 0.725. The van der Waals surface area contributed by atoms with E-state index in [2.05, 4.69) is 22.6 Å². The molecule has 0 saturated carbocycles. The SMILES string of the molecule is CCc1nn(C)cc1CNC(=O)CC(N)=S. The molecule has 1 amide bonds. The number of amides is 1. The molecule has 0 aliphatic carbocycles. The van der Waals surface area contributed by atoms with Gasteiger partial charge in [0.15, 0.2) is 0 Å². The lowest BCUT2D eigenvalue weighted by atomic mass is 10.2. The average Bonchev–Trinajstić information content (AvgIpc) is 2.55. The predicted octanol–water partition coefficient (Wildman–Crippen LogP) is 0.275. The van der Waals surface area contributed by atoms with Crippen molar-refractivity contribution in [3.8, 4) is 0 Å².